The lowest BCUT2D eigenvalue weighted by Crippen LogP contribution is -2.49. The van der Waals surface area contributed by atoms with Crippen molar-refractivity contribution in [3.63, 3.8) is 0 Å². The number of aromatic nitrogens is 2. The fraction of sp³-hybridized carbons (Fsp3) is 0.316. The Morgan fingerprint density at radius 1 is 1.04 bits per heavy atom. The summed E-state index contributed by atoms with van der Waals surface area (Å²) in [5, 5.41) is 2.98. The monoisotopic (exact) mass is 384 g/mol. The maximum Gasteiger partial charge on any atom is 0.227 e. The van der Waals surface area contributed by atoms with Gasteiger partial charge in [-0.15, -0.1) is 11.3 Å². The third-order valence-electron chi connectivity index (χ3n) is 4.47. The first-order chi connectivity index (χ1) is 12.8. The predicted molar refractivity (Wildman–Crippen MR) is 106 cm³/mol. The van der Waals surface area contributed by atoms with Gasteiger partial charge in [0.15, 0.2) is 0 Å². The lowest BCUT2D eigenvalue weighted by molar-refractivity contribution is -0.130. The Kier molecular flexibility index (Phi) is 5.26. The van der Waals surface area contributed by atoms with E-state index < -0.39 is 0 Å². The van der Waals surface area contributed by atoms with E-state index in [4.69, 9.17) is 4.98 Å². The minimum Gasteiger partial charge on any atom is -0.343 e. The molecule has 0 unspecified atom stereocenters. The summed E-state index contributed by atoms with van der Waals surface area (Å²) in [6.07, 6.45) is 1.27. The first-order valence-electron chi connectivity index (χ1n) is 8.69. The van der Waals surface area contributed by atoms with E-state index in [2.05, 4.69) is 21.4 Å². The van der Waals surface area contributed by atoms with E-state index in [9.17, 15) is 4.79 Å². The number of thiophene rings is 1. The Labute approximate surface area is 161 Å². The molecule has 2 aromatic heterocycles. The zero-order valence-electron chi connectivity index (χ0n) is 14.4. The number of hydrogen-bond donors (Lipinski definition) is 0. The molecule has 134 valence electrons. The van der Waals surface area contributed by atoms with Crippen LogP contribution >= 0.6 is 22.9 Å². The van der Waals surface area contributed by atoms with Gasteiger partial charge in [0, 0.05) is 49.0 Å². The average molecular weight is 385 g/mol. The first-order valence-corrected chi connectivity index (χ1v) is 10.3. The number of rotatable bonds is 5. The van der Waals surface area contributed by atoms with Gasteiger partial charge in [-0.05, 0) is 17.0 Å². The van der Waals surface area contributed by atoms with Gasteiger partial charge < -0.3 is 9.80 Å². The molecule has 3 aromatic rings. The molecule has 1 aliphatic heterocycles. The number of nitrogens with zero attached hydrogens (tertiary/aromatic N) is 4. The summed E-state index contributed by atoms with van der Waals surface area (Å²) in [5.74, 6) is 1.08. The van der Waals surface area contributed by atoms with Crippen molar-refractivity contribution in [3.8, 4) is 0 Å². The molecule has 0 saturated carbocycles. The molecule has 1 saturated heterocycles. The average Bonchev–Trinajstić information content (AvgIpc) is 3.35. The molecule has 0 aliphatic carbocycles. The number of benzene rings is 1. The van der Waals surface area contributed by atoms with Gasteiger partial charge in [-0.1, -0.05) is 36.4 Å². The smallest absolute Gasteiger partial charge is 0.227 e. The van der Waals surface area contributed by atoms with E-state index >= 15 is 0 Å². The number of amides is 1. The van der Waals surface area contributed by atoms with Crippen LogP contribution in [0, 0.1) is 0 Å². The van der Waals surface area contributed by atoms with Gasteiger partial charge in [-0.2, -0.15) is 4.37 Å². The standard InChI is InChI=1S/C19H20N4OS2/c24-18(14-16-7-4-12-25-16)22-8-10-23(11-9-22)19-20-17(21-26-19)13-15-5-2-1-3-6-15/h1-7,12H,8-11,13-14H2. The minimum absolute atomic E-state index is 0.217. The van der Waals surface area contributed by atoms with Gasteiger partial charge >= 0.3 is 0 Å². The molecule has 0 radical (unpaired) electrons. The van der Waals surface area contributed by atoms with Crippen LogP contribution in [-0.2, 0) is 17.6 Å². The molecule has 0 spiro atoms. The van der Waals surface area contributed by atoms with Gasteiger partial charge in [0.1, 0.15) is 5.82 Å². The largest absolute Gasteiger partial charge is 0.343 e. The van der Waals surface area contributed by atoms with Crippen LogP contribution in [0.2, 0.25) is 0 Å². The summed E-state index contributed by atoms with van der Waals surface area (Å²) in [4.78, 5) is 22.4. The van der Waals surface area contributed by atoms with E-state index in [0.29, 0.717) is 6.42 Å². The summed E-state index contributed by atoms with van der Waals surface area (Å²) < 4.78 is 4.50. The molecule has 5 nitrogen and oxygen atoms in total. The summed E-state index contributed by atoms with van der Waals surface area (Å²) in [5.41, 5.74) is 1.22. The van der Waals surface area contributed by atoms with Crippen molar-refractivity contribution in [2.45, 2.75) is 12.8 Å². The molecular formula is C19H20N4OS2. The maximum atomic E-state index is 12.4. The molecule has 1 aliphatic rings. The van der Waals surface area contributed by atoms with E-state index in [1.165, 1.54) is 17.1 Å². The highest BCUT2D eigenvalue weighted by molar-refractivity contribution is 7.10. The van der Waals surface area contributed by atoms with Gasteiger partial charge in [0.2, 0.25) is 11.0 Å². The van der Waals surface area contributed by atoms with Crippen molar-refractivity contribution in [2.75, 3.05) is 31.1 Å². The summed E-state index contributed by atoms with van der Waals surface area (Å²) in [7, 11) is 0. The second kappa shape index (κ2) is 7.97. The van der Waals surface area contributed by atoms with Crippen molar-refractivity contribution < 1.29 is 4.79 Å². The molecule has 1 amide bonds. The van der Waals surface area contributed by atoms with Crippen LogP contribution in [0.5, 0.6) is 0 Å². The SMILES string of the molecule is O=C(Cc1cccs1)N1CCN(c2nc(Cc3ccccc3)ns2)CC1. The van der Waals surface area contributed by atoms with Gasteiger partial charge in [-0.3, -0.25) is 4.79 Å². The number of piperazine rings is 1. The fourth-order valence-corrected chi connectivity index (χ4v) is 4.48. The van der Waals surface area contributed by atoms with Crippen LogP contribution in [-0.4, -0.2) is 46.3 Å². The molecule has 0 atom stereocenters. The van der Waals surface area contributed by atoms with Gasteiger partial charge in [-0.25, -0.2) is 4.98 Å². The van der Waals surface area contributed by atoms with Crippen molar-refractivity contribution in [2.24, 2.45) is 0 Å². The summed E-state index contributed by atoms with van der Waals surface area (Å²) in [6.45, 7) is 3.13. The van der Waals surface area contributed by atoms with Crippen LogP contribution in [0.4, 0.5) is 5.13 Å². The lowest BCUT2D eigenvalue weighted by Gasteiger charge is -2.34. The molecule has 26 heavy (non-hydrogen) atoms. The zero-order chi connectivity index (χ0) is 17.8. The molecule has 0 bridgehead atoms. The third kappa shape index (κ3) is 4.11. The van der Waals surface area contributed by atoms with Gasteiger partial charge in [0.25, 0.3) is 0 Å². The van der Waals surface area contributed by atoms with Gasteiger partial charge in [0.05, 0.1) is 6.42 Å². The van der Waals surface area contributed by atoms with Crippen LogP contribution < -0.4 is 4.90 Å². The number of anilines is 1. The van der Waals surface area contributed by atoms with Crippen LogP contribution in [0.25, 0.3) is 0 Å². The number of carbonyl (C=O) groups excluding carboxylic acids is 1. The Morgan fingerprint density at radius 2 is 1.85 bits per heavy atom. The topological polar surface area (TPSA) is 49.3 Å². The Balaban J connectivity index is 1.31. The Morgan fingerprint density at radius 3 is 2.58 bits per heavy atom. The van der Waals surface area contributed by atoms with Crippen LogP contribution in [0.15, 0.2) is 47.8 Å². The molecule has 1 aromatic carbocycles. The van der Waals surface area contributed by atoms with Crippen LogP contribution in [0.1, 0.15) is 16.3 Å². The molecule has 3 heterocycles. The molecular weight excluding hydrogens is 364 g/mol. The molecule has 1 fully saturated rings. The molecule has 7 heteroatoms. The second-order valence-corrected chi connectivity index (χ2v) is 8.04. The second-order valence-electron chi connectivity index (χ2n) is 6.28. The number of carbonyl (C=O) groups is 1. The first kappa shape index (κ1) is 17.2. The third-order valence-corrected chi connectivity index (χ3v) is 6.16. The summed E-state index contributed by atoms with van der Waals surface area (Å²) in [6, 6.07) is 14.3. The Bertz CT molecular complexity index is 840. The van der Waals surface area contributed by atoms with Crippen LogP contribution in [0.3, 0.4) is 0 Å². The normalized spacial score (nSPS) is 14.6. The van der Waals surface area contributed by atoms with E-state index in [1.54, 1.807) is 11.3 Å². The number of hydrogen-bond acceptors (Lipinski definition) is 6. The van der Waals surface area contributed by atoms with Crippen molar-refractivity contribution >= 4 is 33.9 Å². The molecule has 0 N–H and O–H groups in total. The van der Waals surface area contributed by atoms with E-state index in [0.717, 1.165) is 48.4 Å². The Hall–Kier alpha value is -2.25. The highest BCUT2D eigenvalue weighted by Crippen LogP contribution is 2.21. The molecule has 4 rings (SSSR count). The van der Waals surface area contributed by atoms with E-state index in [-0.39, 0.29) is 5.91 Å². The van der Waals surface area contributed by atoms with Crippen molar-refractivity contribution in [1.29, 1.82) is 0 Å². The van der Waals surface area contributed by atoms with E-state index in [1.807, 2.05) is 40.6 Å². The highest BCUT2D eigenvalue weighted by atomic mass is 32.1. The highest BCUT2D eigenvalue weighted by Gasteiger charge is 2.23. The van der Waals surface area contributed by atoms with Crippen molar-refractivity contribution in [3.05, 3.63) is 64.1 Å². The minimum atomic E-state index is 0.217. The zero-order valence-corrected chi connectivity index (χ0v) is 16.0. The maximum absolute atomic E-state index is 12.4. The predicted octanol–water partition coefficient (Wildman–Crippen LogP) is 3.08. The lowest BCUT2D eigenvalue weighted by atomic mass is 10.1. The summed E-state index contributed by atoms with van der Waals surface area (Å²) >= 11 is 3.09. The fourth-order valence-electron chi connectivity index (χ4n) is 3.04. The quantitative estimate of drug-likeness (QED) is 0.678. The van der Waals surface area contributed by atoms with Crippen molar-refractivity contribution in [1.82, 2.24) is 14.3 Å².